The van der Waals surface area contributed by atoms with E-state index in [2.05, 4.69) is 10.6 Å². The van der Waals surface area contributed by atoms with Gasteiger partial charge >= 0.3 is 0 Å². The summed E-state index contributed by atoms with van der Waals surface area (Å²) in [4.78, 5) is 23.8. The van der Waals surface area contributed by atoms with Crippen LogP contribution in [0, 0.1) is 5.41 Å². The Kier molecular flexibility index (Phi) is 3.94. The van der Waals surface area contributed by atoms with Crippen LogP contribution < -0.4 is 10.6 Å². The first-order valence-corrected chi connectivity index (χ1v) is 6.04. The van der Waals surface area contributed by atoms with E-state index in [1.54, 1.807) is 0 Å². The van der Waals surface area contributed by atoms with Crippen LogP contribution in [0.5, 0.6) is 0 Å². The largest absolute Gasteiger partial charge is 0.353 e. The summed E-state index contributed by atoms with van der Waals surface area (Å²) in [5.41, 5.74) is -0.770. The van der Waals surface area contributed by atoms with Gasteiger partial charge in [0, 0.05) is 12.1 Å². The molecule has 16 heavy (non-hydrogen) atoms. The molecule has 1 aliphatic carbocycles. The molecule has 0 heterocycles. The quantitative estimate of drug-likeness (QED) is 0.692. The molecule has 2 N–H and O–H groups in total. The standard InChI is InChI=1S/C12H22N2O2/c1-5-9(4)14-11(16)12(6-7-12)10(15)13-8(2)3/h8-9H,5-7H2,1-4H3,(H,13,15)(H,14,16). The third-order valence-corrected chi connectivity index (χ3v) is 3.03. The summed E-state index contributed by atoms with van der Waals surface area (Å²) >= 11 is 0. The van der Waals surface area contributed by atoms with Gasteiger partial charge in [-0.05, 0) is 40.0 Å². The van der Waals surface area contributed by atoms with Crippen LogP contribution in [0.25, 0.3) is 0 Å². The van der Waals surface area contributed by atoms with E-state index in [0.717, 1.165) is 6.42 Å². The van der Waals surface area contributed by atoms with Gasteiger partial charge in [-0.15, -0.1) is 0 Å². The fourth-order valence-corrected chi connectivity index (χ4v) is 1.55. The molecule has 92 valence electrons. The highest BCUT2D eigenvalue weighted by atomic mass is 16.2. The van der Waals surface area contributed by atoms with E-state index >= 15 is 0 Å². The topological polar surface area (TPSA) is 58.2 Å². The van der Waals surface area contributed by atoms with E-state index in [1.165, 1.54) is 0 Å². The molecule has 2 amide bonds. The fourth-order valence-electron chi connectivity index (χ4n) is 1.55. The van der Waals surface area contributed by atoms with Gasteiger partial charge in [0.1, 0.15) is 5.41 Å². The lowest BCUT2D eigenvalue weighted by Crippen LogP contribution is -2.47. The van der Waals surface area contributed by atoms with Crippen LogP contribution in [-0.4, -0.2) is 23.9 Å². The second-order valence-corrected chi connectivity index (χ2v) is 4.99. The highest BCUT2D eigenvalue weighted by Crippen LogP contribution is 2.46. The second-order valence-electron chi connectivity index (χ2n) is 4.99. The molecule has 1 atom stereocenters. The molecule has 0 aromatic carbocycles. The van der Waals surface area contributed by atoms with E-state index in [9.17, 15) is 9.59 Å². The van der Waals surface area contributed by atoms with Crippen molar-refractivity contribution in [2.24, 2.45) is 5.41 Å². The number of hydrogen-bond donors (Lipinski definition) is 2. The zero-order valence-electron chi connectivity index (χ0n) is 10.6. The highest BCUT2D eigenvalue weighted by Gasteiger charge is 2.56. The molecular formula is C12H22N2O2. The molecule has 0 bridgehead atoms. The minimum absolute atomic E-state index is 0.0846. The Bertz CT molecular complexity index is 283. The molecule has 1 aliphatic rings. The average Bonchev–Trinajstić information content (AvgIpc) is 2.97. The number of carbonyl (C=O) groups is 2. The van der Waals surface area contributed by atoms with E-state index < -0.39 is 5.41 Å². The van der Waals surface area contributed by atoms with Crippen LogP contribution in [0.15, 0.2) is 0 Å². The summed E-state index contributed by atoms with van der Waals surface area (Å²) in [6.45, 7) is 7.77. The van der Waals surface area contributed by atoms with Gasteiger partial charge in [0.15, 0.2) is 0 Å². The third-order valence-electron chi connectivity index (χ3n) is 3.03. The lowest BCUT2D eigenvalue weighted by molar-refractivity contribution is -0.137. The molecule has 4 heteroatoms. The number of rotatable bonds is 5. The van der Waals surface area contributed by atoms with Crippen molar-refractivity contribution in [3.63, 3.8) is 0 Å². The monoisotopic (exact) mass is 226 g/mol. The smallest absolute Gasteiger partial charge is 0.235 e. The minimum atomic E-state index is -0.770. The van der Waals surface area contributed by atoms with Gasteiger partial charge in [0.05, 0.1) is 0 Å². The van der Waals surface area contributed by atoms with E-state index in [4.69, 9.17) is 0 Å². The lowest BCUT2D eigenvalue weighted by Gasteiger charge is -2.19. The molecule has 0 radical (unpaired) electrons. The minimum Gasteiger partial charge on any atom is -0.353 e. The van der Waals surface area contributed by atoms with Gasteiger partial charge in [-0.3, -0.25) is 9.59 Å². The molecule has 1 unspecified atom stereocenters. The van der Waals surface area contributed by atoms with Crippen LogP contribution >= 0.6 is 0 Å². The number of amides is 2. The van der Waals surface area contributed by atoms with Crippen LogP contribution in [0.4, 0.5) is 0 Å². The fraction of sp³-hybridized carbons (Fsp3) is 0.833. The maximum Gasteiger partial charge on any atom is 0.235 e. The summed E-state index contributed by atoms with van der Waals surface area (Å²) in [7, 11) is 0. The molecule has 0 aromatic rings. The predicted molar refractivity (Wildman–Crippen MR) is 62.8 cm³/mol. The van der Waals surface area contributed by atoms with Crippen molar-refractivity contribution >= 4 is 11.8 Å². The van der Waals surface area contributed by atoms with Crippen LogP contribution in [0.1, 0.15) is 47.0 Å². The Morgan fingerprint density at radius 3 is 2.00 bits per heavy atom. The van der Waals surface area contributed by atoms with Crippen molar-refractivity contribution in [1.29, 1.82) is 0 Å². The number of hydrogen-bond acceptors (Lipinski definition) is 2. The first-order valence-electron chi connectivity index (χ1n) is 6.04. The van der Waals surface area contributed by atoms with Crippen molar-refractivity contribution in [1.82, 2.24) is 10.6 Å². The Morgan fingerprint density at radius 2 is 1.62 bits per heavy atom. The van der Waals surface area contributed by atoms with Gasteiger partial charge in [-0.2, -0.15) is 0 Å². The van der Waals surface area contributed by atoms with Crippen LogP contribution in [0.2, 0.25) is 0 Å². The summed E-state index contributed by atoms with van der Waals surface area (Å²) in [5, 5.41) is 5.70. The van der Waals surface area contributed by atoms with Gasteiger partial charge < -0.3 is 10.6 Å². The summed E-state index contributed by atoms with van der Waals surface area (Å²) in [5.74, 6) is -0.233. The second kappa shape index (κ2) is 4.85. The Morgan fingerprint density at radius 1 is 1.12 bits per heavy atom. The van der Waals surface area contributed by atoms with E-state index in [0.29, 0.717) is 12.8 Å². The molecule has 0 saturated heterocycles. The number of nitrogens with one attached hydrogen (secondary N) is 2. The summed E-state index contributed by atoms with van der Waals surface area (Å²) in [6.07, 6.45) is 2.23. The Labute approximate surface area is 97.2 Å². The van der Waals surface area contributed by atoms with Crippen LogP contribution in [-0.2, 0) is 9.59 Å². The van der Waals surface area contributed by atoms with Crippen molar-refractivity contribution in [3.8, 4) is 0 Å². The van der Waals surface area contributed by atoms with Crippen LogP contribution in [0.3, 0.4) is 0 Å². The maximum atomic E-state index is 11.9. The van der Waals surface area contributed by atoms with Crippen molar-refractivity contribution in [2.75, 3.05) is 0 Å². The highest BCUT2D eigenvalue weighted by molar-refractivity contribution is 6.08. The molecule has 0 aliphatic heterocycles. The maximum absolute atomic E-state index is 11.9. The molecule has 1 rings (SSSR count). The van der Waals surface area contributed by atoms with Gasteiger partial charge in [-0.25, -0.2) is 0 Å². The Hall–Kier alpha value is -1.06. The molecular weight excluding hydrogens is 204 g/mol. The predicted octanol–water partition coefficient (Wildman–Crippen LogP) is 1.21. The van der Waals surface area contributed by atoms with Crippen molar-refractivity contribution < 1.29 is 9.59 Å². The molecule has 1 saturated carbocycles. The SMILES string of the molecule is CCC(C)NC(=O)C1(C(=O)NC(C)C)CC1. The zero-order valence-corrected chi connectivity index (χ0v) is 10.6. The zero-order chi connectivity index (χ0) is 12.3. The molecule has 1 fully saturated rings. The normalized spacial score (nSPS) is 19.1. The molecule has 4 nitrogen and oxygen atoms in total. The van der Waals surface area contributed by atoms with Crippen molar-refractivity contribution in [3.05, 3.63) is 0 Å². The van der Waals surface area contributed by atoms with E-state index in [-0.39, 0.29) is 23.9 Å². The molecule has 0 spiro atoms. The third kappa shape index (κ3) is 2.74. The first-order chi connectivity index (χ1) is 7.42. The lowest BCUT2D eigenvalue weighted by atomic mass is 10.0. The average molecular weight is 226 g/mol. The van der Waals surface area contributed by atoms with E-state index in [1.807, 2.05) is 27.7 Å². The first kappa shape index (κ1) is 13.0. The molecule has 0 aromatic heterocycles. The van der Waals surface area contributed by atoms with Crippen molar-refractivity contribution in [2.45, 2.75) is 59.0 Å². The number of carbonyl (C=O) groups excluding carboxylic acids is 2. The summed E-state index contributed by atoms with van der Waals surface area (Å²) < 4.78 is 0. The van der Waals surface area contributed by atoms with Gasteiger partial charge in [0.25, 0.3) is 0 Å². The van der Waals surface area contributed by atoms with Gasteiger partial charge in [0.2, 0.25) is 11.8 Å². The summed E-state index contributed by atoms with van der Waals surface area (Å²) in [6, 6.07) is 0.221. The Balaban J connectivity index is 2.57. The van der Waals surface area contributed by atoms with Gasteiger partial charge in [-0.1, -0.05) is 6.92 Å².